The maximum atomic E-state index is 5.48. The highest BCUT2D eigenvalue weighted by atomic mass is 16.5. The van der Waals surface area contributed by atoms with Crippen LogP contribution in [0.15, 0.2) is 0 Å². The van der Waals surface area contributed by atoms with Gasteiger partial charge in [-0.3, -0.25) is 0 Å². The number of ether oxygens (including phenoxy) is 1. The van der Waals surface area contributed by atoms with Gasteiger partial charge in [-0.1, -0.05) is 31.4 Å². The monoisotopic (exact) mass is 280 g/mol. The molecule has 114 valence electrons. The number of nitrogens with one attached hydrogen (secondary N) is 1. The molecule has 0 aliphatic carbocycles. The fourth-order valence-corrected chi connectivity index (χ4v) is 2.92. The average Bonchev–Trinajstić information content (AvgIpc) is 2.88. The first-order valence-electron chi connectivity index (χ1n) is 8.01. The van der Waals surface area contributed by atoms with E-state index in [1.807, 2.05) is 7.05 Å². The Bertz CT molecular complexity index is 385. The van der Waals surface area contributed by atoms with E-state index in [9.17, 15) is 0 Å². The number of hydrogen-bond acceptors (Lipinski definition) is 4. The van der Waals surface area contributed by atoms with Gasteiger partial charge in [0.2, 0.25) is 0 Å². The summed E-state index contributed by atoms with van der Waals surface area (Å²) in [6, 6.07) is 0. The Morgan fingerprint density at radius 3 is 2.75 bits per heavy atom. The van der Waals surface area contributed by atoms with Crippen molar-refractivity contribution in [2.24, 2.45) is 0 Å². The highest BCUT2D eigenvalue weighted by Crippen LogP contribution is 2.28. The molecule has 1 saturated heterocycles. The molecule has 1 aliphatic heterocycles. The molecule has 0 spiro atoms. The van der Waals surface area contributed by atoms with Gasteiger partial charge in [-0.2, -0.15) is 0 Å². The van der Waals surface area contributed by atoms with Crippen LogP contribution in [0.3, 0.4) is 0 Å². The van der Waals surface area contributed by atoms with Gasteiger partial charge in [0.25, 0.3) is 0 Å². The molecule has 0 atom stereocenters. The second kappa shape index (κ2) is 8.37. The van der Waals surface area contributed by atoms with Crippen molar-refractivity contribution in [2.45, 2.75) is 64.5 Å². The second-order valence-corrected chi connectivity index (χ2v) is 5.62. The Labute approximate surface area is 122 Å². The van der Waals surface area contributed by atoms with E-state index in [-0.39, 0.29) is 0 Å². The van der Waals surface area contributed by atoms with Crippen molar-refractivity contribution in [2.75, 3.05) is 20.3 Å². The molecular weight excluding hydrogens is 252 g/mol. The highest BCUT2D eigenvalue weighted by molar-refractivity contribution is 5.16. The van der Waals surface area contributed by atoms with Crippen LogP contribution < -0.4 is 5.32 Å². The van der Waals surface area contributed by atoms with Crippen molar-refractivity contribution in [3.8, 4) is 0 Å². The first-order valence-corrected chi connectivity index (χ1v) is 8.01. The van der Waals surface area contributed by atoms with Crippen LogP contribution in [0.1, 0.15) is 62.8 Å². The van der Waals surface area contributed by atoms with E-state index in [0.717, 1.165) is 44.8 Å². The van der Waals surface area contributed by atoms with Crippen LogP contribution in [0, 0.1) is 0 Å². The number of nitrogens with zero attached hydrogens (tertiary/aromatic N) is 3. The zero-order valence-electron chi connectivity index (χ0n) is 12.9. The molecule has 5 nitrogen and oxygen atoms in total. The van der Waals surface area contributed by atoms with Gasteiger partial charge in [-0.15, -0.1) is 5.10 Å². The molecule has 2 heterocycles. The van der Waals surface area contributed by atoms with Crippen molar-refractivity contribution in [1.82, 2.24) is 20.3 Å². The summed E-state index contributed by atoms with van der Waals surface area (Å²) in [4.78, 5) is 0. The van der Waals surface area contributed by atoms with Crippen LogP contribution in [0.5, 0.6) is 0 Å². The first kappa shape index (κ1) is 15.4. The quantitative estimate of drug-likeness (QED) is 0.743. The number of rotatable bonds is 8. The molecule has 1 aromatic heterocycles. The molecule has 0 radical (unpaired) electrons. The van der Waals surface area contributed by atoms with E-state index in [1.165, 1.54) is 31.4 Å². The van der Waals surface area contributed by atoms with Crippen molar-refractivity contribution in [3.63, 3.8) is 0 Å². The number of aryl methyl sites for hydroxylation is 1. The molecule has 1 aromatic rings. The van der Waals surface area contributed by atoms with Gasteiger partial charge in [0.05, 0.1) is 11.4 Å². The zero-order chi connectivity index (χ0) is 14.2. The van der Waals surface area contributed by atoms with E-state index in [2.05, 4.69) is 27.2 Å². The topological polar surface area (TPSA) is 52.0 Å². The molecule has 2 rings (SSSR count). The summed E-state index contributed by atoms with van der Waals surface area (Å²) in [6.45, 7) is 5.79. The second-order valence-electron chi connectivity index (χ2n) is 5.62. The summed E-state index contributed by atoms with van der Waals surface area (Å²) in [5, 5.41) is 12.0. The standard InChI is InChI=1S/C15H28N4O/c1-3-4-5-6-9-19-15(13-7-10-20-11-8-13)14(12-16-2)17-18-19/h13,16H,3-12H2,1-2H3. The molecular formula is C15H28N4O. The summed E-state index contributed by atoms with van der Waals surface area (Å²) in [7, 11) is 1.97. The Morgan fingerprint density at radius 1 is 1.25 bits per heavy atom. The summed E-state index contributed by atoms with van der Waals surface area (Å²) >= 11 is 0. The summed E-state index contributed by atoms with van der Waals surface area (Å²) in [5.74, 6) is 0.563. The van der Waals surface area contributed by atoms with Crippen LogP contribution in [0.25, 0.3) is 0 Å². The van der Waals surface area contributed by atoms with Gasteiger partial charge in [0, 0.05) is 32.2 Å². The molecule has 0 saturated carbocycles. The van der Waals surface area contributed by atoms with Gasteiger partial charge in [-0.25, -0.2) is 4.68 Å². The van der Waals surface area contributed by atoms with E-state index >= 15 is 0 Å². The Morgan fingerprint density at radius 2 is 2.05 bits per heavy atom. The van der Waals surface area contributed by atoms with Crippen molar-refractivity contribution < 1.29 is 4.74 Å². The SMILES string of the molecule is CCCCCCn1nnc(CNC)c1C1CCOCC1. The Hall–Kier alpha value is -0.940. The van der Waals surface area contributed by atoms with Crippen LogP contribution in [-0.4, -0.2) is 35.3 Å². The van der Waals surface area contributed by atoms with E-state index in [0.29, 0.717) is 5.92 Å². The number of unbranched alkanes of at least 4 members (excludes halogenated alkanes) is 3. The van der Waals surface area contributed by atoms with Gasteiger partial charge in [-0.05, 0) is 26.3 Å². The minimum atomic E-state index is 0.563. The number of hydrogen-bond donors (Lipinski definition) is 1. The fraction of sp³-hybridized carbons (Fsp3) is 0.867. The predicted molar refractivity (Wildman–Crippen MR) is 79.7 cm³/mol. The van der Waals surface area contributed by atoms with E-state index in [4.69, 9.17) is 4.74 Å². The van der Waals surface area contributed by atoms with Gasteiger partial charge in [0.1, 0.15) is 0 Å². The molecule has 0 amide bonds. The minimum absolute atomic E-state index is 0.563. The summed E-state index contributed by atoms with van der Waals surface area (Å²) in [5.41, 5.74) is 2.47. The molecule has 5 heteroatoms. The third-order valence-corrected chi connectivity index (χ3v) is 4.02. The van der Waals surface area contributed by atoms with Gasteiger partial charge >= 0.3 is 0 Å². The summed E-state index contributed by atoms with van der Waals surface area (Å²) < 4.78 is 7.64. The lowest BCUT2D eigenvalue weighted by molar-refractivity contribution is 0.0832. The maximum Gasteiger partial charge on any atom is 0.0999 e. The Balaban J connectivity index is 2.05. The van der Waals surface area contributed by atoms with Crippen LogP contribution in [0.2, 0.25) is 0 Å². The van der Waals surface area contributed by atoms with Crippen LogP contribution >= 0.6 is 0 Å². The smallest absolute Gasteiger partial charge is 0.0999 e. The van der Waals surface area contributed by atoms with Crippen molar-refractivity contribution in [3.05, 3.63) is 11.4 Å². The minimum Gasteiger partial charge on any atom is -0.381 e. The normalized spacial score (nSPS) is 16.7. The van der Waals surface area contributed by atoms with Gasteiger partial charge in [0.15, 0.2) is 0 Å². The lowest BCUT2D eigenvalue weighted by Gasteiger charge is -2.23. The largest absolute Gasteiger partial charge is 0.381 e. The predicted octanol–water partition coefficient (Wildman–Crippen LogP) is 2.47. The fourth-order valence-electron chi connectivity index (χ4n) is 2.92. The van der Waals surface area contributed by atoms with E-state index in [1.54, 1.807) is 0 Å². The van der Waals surface area contributed by atoms with Crippen LogP contribution in [0.4, 0.5) is 0 Å². The molecule has 0 aromatic carbocycles. The Kier molecular flexibility index (Phi) is 6.47. The highest BCUT2D eigenvalue weighted by Gasteiger charge is 2.24. The van der Waals surface area contributed by atoms with Crippen molar-refractivity contribution >= 4 is 0 Å². The molecule has 1 fully saturated rings. The van der Waals surface area contributed by atoms with Gasteiger partial charge < -0.3 is 10.1 Å². The van der Waals surface area contributed by atoms with E-state index < -0.39 is 0 Å². The molecule has 1 N–H and O–H groups in total. The third-order valence-electron chi connectivity index (χ3n) is 4.02. The summed E-state index contributed by atoms with van der Waals surface area (Å²) in [6.07, 6.45) is 7.26. The van der Waals surface area contributed by atoms with Crippen LogP contribution in [-0.2, 0) is 17.8 Å². The lowest BCUT2D eigenvalue weighted by Crippen LogP contribution is -2.20. The lowest BCUT2D eigenvalue weighted by atomic mass is 9.94. The first-order chi connectivity index (χ1) is 9.86. The number of aromatic nitrogens is 3. The molecule has 0 bridgehead atoms. The van der Waals surface area contributed by atoms with Crippen molar-refractivity contribution in [1.29, 1.82) is 0 Å². The maximum absolute atomic E-state index is 5.48. The average molecular weight is 280 g/mol. The zero-order valence-corrected chi connectivity index (χ0v) is 12.9. The molecule has 20 heavy (non-hydrogen) atoms. The molecule has 1 aliphatic rings. The third kappa shape index (κ3) is 4.03. The molecule has 0 unspecified atom stereocenters.